The summed E-state index contributed by atoms with van der Waals surface area (Å²) >= 11 is 3.39. The zero-order valence-electron chi connectivity index (χ0n) is 10.6. The monoisotopic (exact) mass is 319 g/mol. The fraction of sp³-hybridized carbons (Fsp3) is 0.200. The van der Waals surface area contributed by atoms with Crippen LogP contribution >= 0.6 is 15.9 Å². The second-order valence-electron chi connectivity index (χ2n) is 4.14. The van der Waals surface area contributed by atoms with Crippen molar-refractivity contribution in [2.24, 2.45) is 0 Å². The Labute approximate surface area is 120 Å². The largest absolute Gasteiger partial charge is 0.481 e. The number of hydrogen-bond donors (Lipinski definition) is 0. The molecule has 0 saturated heterocycles. The molecule has 1 aromatic heterocycles. The summed E-state index contributed by atoms with van der Waals surface area (Å²) in [5.41, 5.74) is 1.77. The molecule has 2 rings (SSSR count). The van der Waals surface area contributed by atoms with Gasteiger partial charge in [0.1, 0.15) is 0 Å². The zero-order chi connectivity index (χ0) is 13.7. The van der Waals surface area contributed by atoms with Crippen LogP contribution in [0.25, 0.3) is 0 Å². The van der Waals surface area contributed by atoms with Crippen molar-refractivity contribution in [3.63, 3.8) is 0 Å². The standard InChI is InChI=1S/C15H14BrNO2/c1-19-15-9-5-12(10-17-15)14(18)8-4-11-2-6-13(16)7-3-11/h2-3,5-7,9-10H,4,8H2,1H3. The van der Waals surface area contributed by atoms with E-state index in [9.17, 15) is 4.79 Å². The molecule has 0 aliphatic carbocycles. The highest BCUT2D eigenvalue weighted by Gasteiger charge is 2.07. The number of methoxy groups -OCH3 is 1. The summed E-state index contributed by atoms with van der Waals surface area (Å²) < 4.78 is 6.01. The van der Waals surface area contributed by atoms with Gasteiger partial charge < -0.3 is 4.74 Å². The molecule has 0 atom stereocenters. The summed E-state index contributed by atoms with van der Waals surface area (Å²) in [5.74, 6) is 0.613. The smallest absolute Gasteiger partial charge is 0.212 e. The number of benzene rings is 1. The molecule has 0 unspecified atom stereocenters. The van der Waals surface area contributed by atoms with Crippen molar-refractivity contribution in [1.29, 1.82) is 0 Å². The van der Waals surface area contributed by atoms with Crippen molar-refractivity contribution in [3.05, 3.63) is 58.2 Å². The number of Topliss-reactive ketones (excluding diaryl/α,β-unsaturated/α-hetero) is 1. The zero-order valence-corrected chi connectivity index (χ0v) is 12.2. The second kappa shape index (κ2) is 6.48. The van der Waals surface area contributed by atoms with Crippen molar-refractivity contribution in [3.8, 4) is 5.88 Å². The van der Waals surface area contributed by atoms with E-state index in [4.69, 9.17) is 4.74 Å². The maximum atomic E-state index is 12.0. The number of rotatable bonds is 5. The molecular formula is C15H14BrNO2. The molecule has 0 fully saturated rings. The van der Waals surface area contributed by atoms with Crippen molar-refractivity contribution >= 4 is 21.7 Å². The number of ketones is 1. The third-order valence-corrected chi connectivity index (χ3v) is 3.35. The number of carbonyl (C=O) groups excluding carboxylic acids is 1. The van der Waals surface area contributed by atoms with E-state index in [0.29, 0.717) is 17.9 Å². The maximum Gasteiger partial charge on any atom is 0.212 e. The summed E-state index contributed by atoms with van der Waals surface area (Å²) in [6.07, 6.45) is 2.77. The van der Waals surface area contributed by atoms with Crippen molar-refractivity contribution in [2.75, 3.05) is 7.11 Å². The molecule has 0 aliphatic heterocycles. The lowest BCUT2D eigenvalue weighted by Gasteiger charge is -2.03. The molecule has 19 heavy (non-hydrogen) atoms. The van der Waals surface area contributed by atoms with Crippen LogP contribution in [0.15, 0.2) is 47.1 Å². The van der Waals surface area contributed by atoms with E-state index in [2.05, 4.69) is 20.9 Å². The molecule has 0 saturated carbocycles. The third-order valence-electron chi connectivity index (χ3n) is 2.82. The summed E-state index contributed by atoms with van der Waals surface area (Å²) in [6.45, 7) is 0. The number of aromatic nitrogens is 1. The highest BCUT2D eigenvalue weighted by atomic mass is 79.9. The molecule has 0 aliphatic rings. The van der Waals surface area contributed by atoms with E-state index in [1.54, 1.807) is 25.4 Å². The molecule has 0 N–H and O–H groups in total. The van der Waals surface area contributed by atoms with E-state index in [1.807, 2.05) is 24.3 Å². The van der Waals surface area contributed by atoms with E-state index in [0.717, 1.165) is 16.5 Å². The lowest BCUT2D eigenvalue weighted by Crippen LogP contribution is -2.02. The normalized spacial score (nSPS) is 10.2. The predicted molar refractivity (Wildman–Crippen MR) is 77.6 cm³/mol. The number of halogens is 1. The van der Waals surface area contributed by atoms with Gasteiger partial charge in [0.15, 0.2) is 5.78 Å². The molecule has 0 radical (unpaired) electrons. The number of ether oxygens (including phenoxy) is 1. The molecule has 0 amide bonds. The van der Waals surface area contributed by atoms with Crippen LogP contribution in [0.5, 0.6) is 5.88 Å². The van der Waals surface area contributed by atoms with Crippen molar-refractivity contribution < 1.29 is 9.53 Å². The Balaban J connectivity index is 1.95. The molecular weight excluding hydrogens is 306 g/mol. The van der Waals surface area contributed by atoms with Gasteiger partial charge in [0.05, 0.1) is 7.11 Å². The van der Waals surface area contributed by atoms with Crippen LogP contribution in [0.1, 0.15) is 22.3 Å². The number of nitrogens with zero attached hydrogens (tertiary/aromatic N) is 1. The van der Waals surface area contributed by atoms with Crippen molar-refractivity contribution in [1.82, 2.24) is 4.98 Å². The Bertz CT molecular complexity index is 549. The van der Waals surface area contributed by atoms with E-state index >= 15 is 0 Å². The molecule has 4 heteroatoms. The average Bonchev–Trinajstić information content (AvgIpc) is 2.46. The van der Waals surface area contributed by atoms with Gasteiger partial charge in [-0.15, -0.1) is 0 Å². The lowest BCUT2D eigenvalue weighted by molar-refractivity contribution is 0.0982. The van der Waals surface area contributed by atoms with Crippen LogP contribution in [0.2, 0.25) is 0 Å². The Morgan fingerprint density at radius 1 is 1.21 bits per heavy atom. The molecule has 3 nitrogen and oxygen atoms in total. The summed E-state index contributed by atoms with van der Waals surface area (Å²) in [7, 11) is 1.55. The van der Waals surface area contributed by atoms with E-state index in [1.165, 1.54) is 0 Å². The number of carbonyl (C=O) groups is 1. The minimum Gasteiger partial charge on any atom is -0.481 e. The molecule has 1 heterocycles. The van der Waals surface area contributed by atoms with E-state index in [-0.39, 0.29) is 5.78 Å². The minimum atomic E-state index is 0.0954. The molecule has 98 valence electrons. The summed E-state index contributed by atoms with van der Waals surface area (Å²) in [5, 5.41) is 0. The van der Waals surface area contributed by atoms with Crippen LogP contribution in [0.4, 0.5) is 0 Å². The van der Waals surface area contributed by atoms with Gasteiger partial charge in [-0.05, 0) is 30.2 Å². The van der Waals surface area contributed by atoms with Crippen LogP contribution in [-0.2, 0) is 6.42 Å². The number of hydrogen-bond acceptors (Lipinski definition) is 3. The van der Waals surface area contributed by atoms with Gasteiger partial charge in [0.25, 0.3) is 0 Å². The first-order valence-corrected chi connectivity index (χ1v) is 6.76. The number of pyridine rings is 1. The third kappa shape index (κ3) is 3.89. The van der Waals surface area contributed by atoms with Gasteiger partial charge in [0.2, 0.25) is 5.88 Å². The van der Waals surface area contributed by atoms with Gasteiger partial charge >= 0.3 is 0 Å². The van der Waals surface area contributed by atoms with Crippen molar-refractivity contribution in [2.45, 2.75) is 12.8 Å². The van der Waals surface area contributed by atoms with E-state index < -0.39 is 0 Å². The van der Waals surface area contributed by atoms with Crippen LogP contribution in [-0.4, -0.2) is 17.9 Å². The first-order chi connectivity index (χ1) is 9.19. The Kier molecular flexibility index (Phi) is 4.68. The number of aryl methyl sites for hydroxylation is 1. The van der Waals surface area contributed by atoms with Gasteiger partial charge in [-0.25, -0.2) is 4.98 Å². The Morgan fingerprint density at radius 2 is 1.95 bits per heavy atom. The van der Waals surface area contributed by atoms with Gasteiger partial charge in [-0.1, -0.05) is 28.1 Å². The van der Waals surface area contributed by atoms with Gasteiger partial charge in [-0.3, -0.25) is 4.79 Å². The molecule has 0 spiro atoms. The second-order valence-corrected chi connectivity index (χ2v) is 5.05. The minimum absolute atomic E-state index is 0.0954. The molecule has 0 bridgehead atoms. The first-order valence-electron chi connectivity index (χ1n) is 5.97. The fourth-order valence-electron chi connectivity index (χ4n) is 1.72. The Hall–Kier alpha value is -1.68. The summed E-state index contributed by atoms with van der Waals surface area (Å²) in [4.78, 5) is 16.0. The highest BCUT2D eigenvalue weighted by molar-refractivity contribution is 9.10. The lowest BCUT2D eigenvalue weighted by atomic mass is 10.0. The van der Waals surface area contributed by atoms with Gasteiger partial charge in [0, 0.05) is 28.7 Å². The predicted octanol–water partition coefficient (Wildman–Crippen LogP) is 3.67. The van der Waals surface area contributed by atoms with Gasteiger partial charge in [-0.2, -0.15) is 0 Å². The molecule has 1 aromatic carbocycles. The Morgan fingerprint density at radius 3 is 2.53 bits per heavy atom. The van der Waals surface area contributed by atoms with Crippen LogP contribution in [0.3, 0.4) is 0 Å². The quantitative estimate of drug-likeness (QED) is 0.789. The fourth-order valence-corrected chi connectivity index (χ4v) is 1.98. The topological polar surface area (TPSA) is 39.2 Å². The van der Waals surface area contributed by atoms with Crippen LogP contribution < -0.4 is 4.74 Å². The molecule has 2 aromatic rings. The first kappa shape index (κ1) is 13.7. The highest BCUT2D eigenvalue weighted by Crippen LogP contribution is 2.14. The maximum absolute atomic E-state index is 12.0. The average molecular weight is 320 g/mol. The SMILES string of the molecule is COc1ccc(C(=O)CCc2ccc(Br)cc2)cn1. The summed E-state index contributed by atoms with van der Waals surface area (Å²) in [6, 6.07) is 11.4. The van der Waals surface area contributed by atoms with Crippen LogP contribution in [0, 0.1) is 0 Å².